The Hall–Kier alpha value is -5.32. The maximum absolute atomic E-state index is 2.61. The molecule has 1 aromatic heterocycles. The van der Waals surface area contributed by atoms with Crippen molar-refractivity contribution in [1.82, 2.24) is 0 Å². The fourth-order valence-electron chi connectivity index (χ4n) is 9.45. The first-order valence-electron chi connectivity index (χ1n) is 20.5. The van der Waals surface area contributed by atoms with Gasteiger partial charge in [0.1, 0.15) is 5.00 Å². The maximum Gasteiger partial charge on any atom is 0.126 e. The number of benzene rings is 6. The molecule has 286 valence electrons. The van der Waals surface area contributed by atoms with Crippen molar-refractivity contribution in [3.05, 3.63) is 149 Å². The Bertz CT molecular complexity index is 2760. The van der Waals surface area contributed by atoms with Crippen LogP contribution in [0.3, 0.4) is 0 Å². The van der Waals surface area contributed by atoms with E-state index in [9.17, 15) is 0 Å². The van der Waals surface area contributed by atoms with Crippen LogP contribution in [0.1, 0.15) is 104 Å². The van der Waals surface area contributed by atoms with Gasteiger partial charge in [-0.1, -0.05) is 137 Å². The van der Waals surface area contributed by atoms with Gasteiger partial charge in [0.05, 0.1) is 34.1 Å². The molecule has 0 bridgehead atoms. The molecule has 0 amide bonds. The number of thiophene rings is 1. The zero-order chi connectivity index (χ0) is 40.0. The van der Waals surface area contributed by atoms with E-state index in [1.165, 1.54) is 99.5 Å². The fraction of sp³-hybridized carbons (Fsp3) is 0.283. The van der Waals surface area contributed by atoms with Gasteiger partial charge >= 0.3 is 0 Å². The highest BCUT2D eigenvalue weighted by atomic mass is 32.1. The first kappa shape index (κ1) is 36.0. The topological polar surface area (TPSA) is 9.72 Å². The largest absolute Gasteiger partial charge is 0.306 e. The standard InChI is InChI=1S/C53H53N3S/c1-50(2,3)32-19-24-35(25-20-32)54-42-28-23-34(52(7,8)9)29-45(42)56-48-43(54)17-14-18-44(48)55(36-26-21-33(22-27-36)51(4,5)6)47-39-30-38-37-15-12-13-16-40(37)53(10,11)41(38)31-46(39)57-49(47)56/h12-31H,1-11H3. The van der Waals surface area contributed by atoms with Crippen LogP contribution in [0.15, 0.2) is 121 Å². The normalized spacial score (nSPS) is 15.3. The van der Waals surface area contributed by atoms with Gasteiger partial charge in [0.15, 0.2) is 0 Å². The highest BCUT2D eigenvalue weighted by Crippen LogP contribution is 2.67. The van der Waals surface area contributed by atoms with Crippen molar-refractivity contribution < 1.29 is 0 Å². The molecule has 3 heterocycles. The van der Waals surface area contributed by atoms with Gasteiger partial charge in [-0.05, 0) is 116 Å². The number of nitrogens with zero attached hydrogens (tertiary/aromatic N) is 3. The van der Waals surface area contributed by atoms with Crippen molar-refractivity contribution in [2.75, 3.05) is 14.7 Å². The SMILES string of the molecule is CC(C)(C)c1ccc(N2c3ccc(C(C)(C)C)cc3N3c4sc5cc6c(cc5c4N(c4ccc(C(C)(C)C)cc4)c4cccc2c43)-c2ccccc2C6(C)C)cc1. The molecule has 10 rings (SSSR count). The summed E-state index contributed by atoms with van der Waals surface area (Å²) in [5, 5.41) is 2.56. The van der Waals surface area contributed by atoms with E-state index < -0.39 is 0 Å². The smallest absolute Gasteiger partial charge is 0.126 e. The monoisotopic (exact) mass is 763 g/mol. The average molecular weight is 764 g/mol. The zero-order valence-corrected chi connectivity index (χ0v) is 36.1. The van der Waals surface area contributed by atoms with E-state index >= 15 is 0 Å². The molecule has 57 heavy (non-hydrogen) atoms. The third-order valence-corrected chi connectivity index (χ3v) is 13.9. The maximum atomic E-state index is 2.61. The van der Waals surface area contributed by atoms with Crippen molar-refractivity contribution in [1.29, 1.82) is 0 Å². The van der Waals surface area contributed by atoms with Crippen molar-refractivity contribution in [2.45, 2.75) is 97.8 Å². The predicted molar refractivity (Wildman–Crippen MR) is 247 cm³/mol. The molecule has 1 aliphatic carbocycles. The Morgan fingerprint density at radius 1 is 0.439 bits per heavy atom. The number of fused-ring (bicyclic) bond motifs is 9. The highest BCUT2D eigenvalue weighted by Gasteiger charge is 2.43. The van der Waals surface area contributed by atoms with Gasteiger partial charge in [-0.2, -0.15) is 0 Å². The summed E-state index contributed by atoms with van der Waals surface area (Å²) < 4.78 is 1.32. The number of rotatable bonds is 2. The lowest BCUT2D eigenvalue weighted by Crippen LogP contribution is -2.30. The van der Waals surface area contributed by atoms with Gasteiger partial charge in [0, 0.05) is 26.9 Å². The Morgan fingerprint density at radius 2 is 1.00 bits per heavy atom. The van der Waals surface area contributed by atoms with E-state index in [-0.39, 0.29) is 21.7 Å². The lowest BCUT2D eigenvalue weighted by Gasteiger charge is -2.46. The first-order chi connectivity index (χ1) is 26.9. The minimum atomic E-state index is -0.0778. The van der Waals surface area contributed by atoms with Crippen LogP contribution in [-0.2, 0) is 21.7 Å². The Balaban J connectivity index is 1.29. The molecular weight excluding hydrogens is 711 g/mol. The lowest BCUT2D eigenvalue weighted by molar-refractivity contribution is 0.590. The number of para-hydroxylation sites is 1. The van der Waals surface area contributed by atoms with Crippen LogP contribution >= 0.6 is 11.3 Å². The molecule has 2 aliphatic heterocycles. The van der Waals surface area contributed by atoms with Crippen molar-refractivity contribution in [2.24, 2.45) is 0 Å². The second kappa shape index (κ2) is 11.9. The summed E-state index contributed by atoms with van der Waals surface area (Å²) >= 11 is 1.93. The van der Waals surface area contributed by atoms with E-state index in [1.807, 2.05) is 11.3 Å². The molecule has 0 unspecified atom stereocenters. The molecule has 6 aromatic carbocycles. The van der Waals surface area contributed by atoms with Gasteiger partial charge in [0.2, 0.25) is 0 Å². The summed E-state index contributed by atoms with van der Waals surface area (Å²) in [5.74, 6) is 0. The molecular formula is C53H53N3S. The highest BCUT2D eigenvalue weighted by molar-refractivity contribution is 7.24. The van der Waals surface area contributed by atoms with Crippen LogP contribution < -0.4 is 14.7 Å². The van der Waals surface area contributed by atoms with Gasteiger partial charge in [-0.3, -0.25) is 4.90 Å². The molecule has 0 spiro atoms. The molecule has 0 saturated heterocycles. The van der Waals surface area contributed by atoms with Gasteiger partial charge in [-0.15, -0.1) is 11.3 Å². The number of anilines is 9. The van der Waals surface area contributed by atoms with Crippen LogP contribution in [0.4, 0.5) is 50.5 Å². The van der Waals surface area contributed by atoms with Crippen LogP contribution in [-0.4, -0.2) is 0 Å². The summed E-state index contributed by atoms with van der Waals surface area (Å²) in [4.78, 5) is 7.67. The van der Waals surface area contributed by atoms with Crippen LogP contribution in [0, 0.1) is 0 Å². The second-order valence-electron chi connectivity index (χ2n) is 20.0. The molecule has 0 saturated carbocycles. The van der Waals surface area contributed by atoms with Crippen LogP contribution in [0.25, 0.3) is 21.2 Å². The van der Waals surface area contributed by atoms with Crippen LogP contribution in [0.5, 0.6) is 0 Å². The molecule has 3 nitrogen and oxygen atoms in total. The number of hydrogen-bond acceptors (Lipinski definition) is 4. The van der Waals surface area contributed by atoms with Gasteiger partial charge in [-0.25, -0.2) is 0 Å². The minimum Gasteiger partial charge on any atom is -0.306 e. The molecule has 0 N–H and O–H groups in total. The van der Waals surface area contributed by atoms with Crippen molar-refractivity contribution >= 4 is 71.9 Å². The number of hydrogen-bond donors (Lipinski definition) is 0. The lowest BCUT2D eigenvalue weighted by atomic mass is 9.82. The average Bonchev–Trinajstić information content (AvgIpc) is 3.64. The van der Waals surface area contributed by atoms with E-state index in [1.54, 1.807) is 0 Å². The molecule has 7 aromatic rings. The molecule has 4 heteroatoms. The van der Waals surface area contributed by atoms with Crippen molar-refractivity contribution in [3.63, 3.8) is 0 Å². The second-order valence-corrected chi connectivity index (χ2v) is 21.0. The summed E-state index contributed by atoms with van der Waals surface area (Å²) in [6, 6.07) is 46.7. The summed E-state index contributed by atoms with van der Waals surface area (Å²) in [6.45, 7) is 25.5. The zero-order valence-electron chi connectivity index (χ0n) is 35.3. The van der Waals surface area contributed by atoms with E-state index in [4.69, 9.17) is 0 Å². The quantitative estimate of drug-likeness (QED) is 0.174. The van der Waals surface area contributed by atoms with Gasteiger partial charge < -0.3 is 9.80 Å². The summed E-state index contributed by atoms with van der Waals surface area (Å²) in [6.07, 6.45) is 0. The molecule has 0 radical (unpaired) electrons. The van der Waals surface area contributed by atoms with Gasteiger partial charge in [0.25, 0.3) is 0 Å². The fourth-order valence-corrected chi connectivity index (χ4v) is 10.7. The molecule has 0 fully saturated rings. The molecule has 3 aliphatic rings. The van der Waals surface area contributed by atoms with E-state index in [0.717, 1.165) is 0 Å². The summed E-state index contributed by atoms with van der Waals surface area (Å²) in [5.41, 5.74) is 19.1. The van der Waals surface area contributed by atoms with Crippen molar-refractivity contribution in [3.8, 4) is 11.1 Å². The van der Waals surface area contributed by atoms with E-state index in [0.29, 0.717) is 0 Å². The third kappa shape index (κ3) is 5.29. The minimum absolute atomic E-state index is 0.0204. The third-order valence-electron chi connectivity index (χ3n) is 12.8. The van der Waals surface area contributed by atoms with E-state index in [2.05, 4.69) is 212 Å². The Morgan fingerprint density at radius 3 is 1.61 bits per heavy atom. The molecule has 0 atom stereocenters. The Kier molecular flexibility index (Phi) is 7.50. The van der Waals surface area contributed by atoms with Crippen LogP contribution in [0.2, 0.25) is 0 Å². The predicted octanol–water partition coefficient (Wildman–Crippen LogP) is 16.1. The first-order valence-corrected chi connectivity index (χ1v) is 21.3. The Labute approximate surface area is 343 Å². The summed E-state index contributed by atoms with van der Waals surface area (Å²) in [7, 11) is 0.